The lowest BCUT2D eigenvalue weighted by Crippen LogP contribution is -2.28. The molecule has 2 unspecified atom stereocenters. The predicted molar refractivity (Wildman–Crippen MR) is 43.6 cm³/mol. The topological polar surface area (TPSA) is 70.7 Å². The summed E-state index contributed by atoms with van der Waals surface area (Å²) in [5.74, 6) is -0.557. The first-order chi connectivity index (χ1) is 6.18. The molecule has 1 saturated carbocycles. The molecule has 0 spiro atoms. The van der Waals surface area contributed by atoms with Gasteiger partial charge in [-0.2, -0.15) is 0 Å². The number of aliphatic hydroxyl groups excluding tert-OH is 1. The average molecular weight is 182 g/mol. The number of aromatic carboxylic acids is 1. The largest absolute Gasteiger partial charge is 0.475 e. The van der Waals surface area contributed by atoms with Crippen LogP contribution in [-0.2, 0) is 0 Å². The Balaban J connectivity index is 2.17. The van der Waals surface area contributed by atoms with Crippen molar-refractivity contribution in [3.63, 3.8) is 0 Å². The van der Waals surface area contributed by atoms with Crippen molar-refractivity contribution in [3.8, 4) is 0 Å². The van der Waals surface area contributed by atoms with Crippen molar-refractivity contribution in [1.82, 2.24) is 0 Å². The number of carboxylic acids is 1. The Labute approximate surface area is 74.8 Å². The lowest BCUT2D eigenvalue weighted by Gasteiger charge is -2.30. The maximum absolute atomic E-state index is 10.5. The highest BCUT2D eigenvalue weighted by molar-refractivity contribution is 5.84. The number of aliphatic hydroxyl groups is 1. The van der Waals surface area contributed by atoms with Gasteiger partial charge >= 0.3 is 5.97 Å². The molecule has 0 aliphatic heterocycles. The van der Waals surface area contributed by atoms with Crippen molar-refractivity contribution in [2.24, 2.45) is 0 Å². The van der Waals surface area contributed by atoms with Crippen LogP contribution in [0, 0.1) is 0 Å². The van der Waals surface area contributed by atoms with E-state index in [1.165, 1.54) is 6.07 Å². The first-order valence-electron chi connectivity index (χ1n) is 4.19. The number of hydrogen-bond acceptors (Lipinski definition) is 3. The van der Waals surface area contributed by atoms with Crippen LogP contribution in [0.3, 0.4) is 0 Å². The molecule has 0 aromatic carbocycles. The zero-order valence-electron chi connectivity index (χ0n) is 6.93. The van der Waals surface area contributed by atoms with Gasteiger partial charge in [-0.25, -0.2) is 4.79 Å². The van der Waals surface area contributed by atoms with Gasteiger partial charge in [-0.05, 0) is 25.0 Å². The quantitative estimate of drug-likeness (QED) is 0.721. The smallest absolute Gasteiger partial charge is 0.371 e. The molecular weight excluding hydrogens is 172 g/mol. The van der Waals surface area contributed by atoms with Gasteiger partial charge in [-0.1, -0.05) is 0 Å². The minimum atomic E-state index is -1.07. The summed E-state index contributed by atoms with van der Waals surface area (Å²) in [6, 6.07) is 3.04. The molecule has 1 aliphatic rings. The molecule has 1 fully saturated rings. The molecule has 4 nitrogen and oxygen atoms in total. The summed E-state index contributed by atoms with van der Waals surface area (Å²) in [6.07, 6.45) is 1.27. The van der Waals surface area contributed by atoms with E-state index in [1.807, 2.05) is 0 Å². The highest BCUT2D eigenvalue weighted by atomic mass is 16.4. The molecule has 2 N–H and O–H groups in total. The van der Waals surface area contributed by atoms with Gasteiger partial charge in [0.1, 0.15) is 5.76 Å². The van der Waals surface area contributed by atoms with E-state index in [0.29, 0.717) is 5.76 Å². The predicted octanol–water partition coefficient (Wildman–Crippen LogP) is 1.22. The maximum atomic E-state index is 10.5. The lowest BCUT2D eigenvalue weighted by atomic mass is 9.80. The van der Waals surface area contributed by atoms with E-state index in [1.54, 1.807) is 6.07 Å². The van der Waals surface area contributed by atoms with Crippen LogP contribution in [0.15, 0.2) is 16.5 Å². The SMILES string of the molecule is O=C(O)c1ccc(C2CCC2O)o1. The van der Waals surface area contributed by atoms with Crippen molar-refractivity contribution >= 4 is 5.97 Å². The first kappa shape index (κ1) is 8.31. The molecule has 4 heteroatoms. The highest BCUT2D eigenvalue weighted by Crippen LogP contribution is 2.37. The number of furan rings is 1. The van der Waals surface area contributed by atoms with E-state index in [2.05, 4.69) is 0 Å². The Morgan fingerprint density at radius 3 is 2.62 bits per heavy atom. The molecule has 1 aromatic heterocycles. The van der Waals surface area contributed by atoms with Crippen LogP contribution < -0.4 is 0 Å². The van der Waals surface area contributed by atoms with Gasteiger partial charge in [0.25, 0.3) is 0 Å². The molecular formula is C9H10O4. The van der Waals surface area contributed by atoms with Crippen LogP contribution in [0.25, 0.3) is 0 Å². The summed E-state index contributed by atoms with van der Waals surface area (Å²) in [5, 5.41) is 17.9. The minimum Gasteiger partial charge on any atom is -0.475 e. The summed E-state index contributed by atoms with van der Waals surface area (Å²) >= 11 is 0. The summed E-state index contributed by atoms with van der Waals surface area (Å²) in [6.45, 7) is 0. The molecule has 0 bridgehead atoms. The van der Waals surface area contributed by atoms with Crippen LogP contribution in [0.1, 0.15) is 35.1 Å². The van der Waals surface area contributed by atoms with E-state index in [9.17, 15) is 9.90 Å². The second-order valence-corrected chi connectivity index (χ2v) is 3.26. The molecule has 13 heavy (non-hydrogen) atoms. The van der Waals surface area contributed by atoms with Gasteiger partial charge in [0.05, 0.1) is 6.10 Å². The summed E-state index contributed by atoms with van der Waals surface area (Å²) < 4.78 is 5.06. The first-order valence-corrected chi connectivity index (χ1v) is 4.19. The zero-order valence-corrected chi connectivity index (χ0v) is 6.93. The molecule has 2 atom stereocenters. The van der Waals surface area contributed by atoms with Gasteiger partial charge in [0.2, 0.25) is 5.76 Å². The van der Waals surface area contributed by atoms with Gasteiger partial charge in [-0.15, -0.1) is 0 Å². The van der Waals surface area contributed by atoms with Crippen LogP contribution in [-0.4, -0.2) is 22.3 Å². The molecule has 1 aromatic rings. The second kappa shape index (κ2) is 2.88. The fourth-order valence-electron chi connectivity index (χ4n) is 1.48. The molecule has 0 saturated heterocycles. The number of rotatable bonds is 2. The monoisotopic (exact) mass is 182 g/mol. The zero-order chi connectivity index (χ0) is 9.42. The lowest BCUT2D eigenvalue weighted by molar-refractivity contribution is 0.0520. The Morgan fingerprint density at radius 2 is 2.23 bits per heavy atom. The van der Waals surface area contributed by atoms with Crippen molar-refractivity contribution in [3.05, 3.63) is 23.7 Å². The van der Waals surface area contributed by atoms with E-state index < -0.39 is 5.97 Å². The fraction of sp³-hybridized carbons (Fsp3) is 0.444. The minimum absolute atomic E-state index is 0.00639. The highest BCUT2D eigenvalue weighted by Gasteiger charge is 2.33. The van der Waals surface area contributed by atoms with Crippen molar-refractivity contribution in [2.45, 2.75) is 24.9 Å². The second-order valence-electron chi connectivity index (χ2n) is 3.26. The van der Waals surface area contributed by atoms with E-state index in [4.69, 9.17) is 9.52 Å². The third kappa shape index (κ3) is 1.33. The normalized spacial score (nSPS) is 26.8. The van der Waals surface area contributed by atoms with Crippen molar-refractivity contribution < 1.29 is 19.4 Å². The average Bonchev–Trinajstić information content (AvgIpc) is 2.50. The Hall–Kier alpha value is -1.29. The van der Waals surface area contributed by atoms with Crippen molar-refractivity contribution in [1.29, 1.82) is 0 Å². The van der Waals surface area contributed by atoms with Gasteiger partial charge < -0.3 is 14.6 Å². The third-order valence-electron chi connectivity index (χ3n) is 2.44. The van der Waals surface area contributed by atoms with E-state index >= 15 is 0 Å². The van der Waals surface area contributed by atoms with Crippen molar-refractivity contribution in [2.75, 3.05) is 0 Å². The van der Waals surface area contributed by atoms with Gasteiger partial charge in [-0.3, -0.25) is 0 Å². The van der Waals surface area contributed by atoms with Crippen LogP contribution in [0.4, 0.5) is 0 Å². The molecule has 70 valence electrons. The summed E-state index contributed by atoms with van der Waals surface area (Å²) in [7, 11) is 0. The molecule has 0 amide bonds. The van der Waals surface area contributed by atoms with Crippen LogP contribution in [0.2, 0.25) is 0 Å². The van der Waals surface area contributed by atoms with Crippen LogP contribution >= 0.6 is 0 Å². The molecule has 1 aliphatic carbocycles. The van der Waals surface area contributed by atoms with Crippen LogP contribution in [0.5, 0.6) is 0 Å². The Morgan fingerprint density at radius 1 is 1.46 bits per heavy atom. The van der Waals surface area contributed by atoms with Gasteiger partial charge in [0, 0.05) is 5.92 Å². The van der Waals surface area contributed by atoms with E-state index in [-0.39, 0.29) is 17.8 Å². The molecule has 0 radical (unpaired) electrons. The van der Waals surface area contributed by atoms with E-state index in [0.717, 1.165) is 12.8 Å². The fourth-order valence-corrected chi connectivity index (χ4v) is 1.48. The standard InChI is InChI=1S/C9H10O4/c10-6-2-1-5(6)7-3-4-8(13-7)9(11)12/h3-6,10H,1-2H2,(H,11,12). The summed E-state index contributed by atoms with van der Waals surface area (Å²) in [5.41, 5.74) is 0. The third-order valence-corrected chi connectivity index (χ3v) is 2.44. The number of hydrogen-bond donors (Lipinski definition) is 2. The molecule has 2 rings (SSSR count). The summed E-state index contributed by atoms with van der Waals surface area (Å²) in [4.78, 5) is 10.5. The maximum Gasteiger partial charge on any atom is 0.371 e. The number of carboxylic acid groups (broad SMARTS) is 1. The Kier molecular flexibility index (Phi) is 1.84. The Bertz CT molecular complexity index is 328. The molecule has 1 heterocycles. The number of carbonyl (C=O) groups is 1. The van der Waals surface area contributed by atoms with Gasteiger partial charge in [0.15, 0.2) is 0 Å².